The summed E-state index contributed by atoms with van der Waals surface area (Å²) < 4.78 is 4.52. The largest absolute Gasteiger partial charge is 0.343 e. The first-order chi connectivity index (χ1) is 10.8. The van der Waals surface area contributed by atoms with Gasteiger partial charge < -0.3 is 4.90 Å². The van der Waals surface area contributed by atoms with Crippen molar-refractivity contribution in [1.82, 2.24) is 9.36 Å². The SMILES string of the molecule is CCc1ccc(C2=CCN(c3nc(C4CC4)ns3)CC2)cc1. The Labute approximate surface area is 135 Å². The molecule has 1 fully saturated rings. The highest BCUT2D eigenvalue weighted by atomic mass is 32.1. The lowest BCUT2D eigenvalue weighted by Gasteiger charge is -2.25. The van der Waals surface area contributed by atoms with Crippen molar-refractivity contribution in [3.8, 4) is 0 Å². The maximum atomic E-state index is 4.72. The summed E-state index contributed by atoms with van der Waals surface area (Å²) in [4.78, 5) is 7.08. The van der Waals surface area contributed by atoms with Gasteiger partial charge in [0.15, 0.2) is 0 Å². The van der Waals surface area contributed by atoms with Gasteiger partial charge in [-0.1, -0.05) is 37.3 Å². The van der Waals surface area contributed by atoms with E-state index in [0.29, 0.717) is 5.92 Å². The molecule has 1 aliphatic heterocycles. The fraction of sp³-hybridized carbons (Fsp3) is 0.444. The van der Waals surface area contributed by atoms with E-state index in [1.165, 1.54) is 29.5 Å². The third kappa shape index (κ3) is 2.80. The van der Waals surface area contributed by atoms with Crippen LogP contribution in [0.4, 0.5) is 5.13 Å². The third-order valence-electron chi connectivity index (χ3n) is 4.59. The fourth-order valence-electron chi connectivity index (χ4n) is 2.92. The molecule has 0 bridgehead atoms. The molecule has 0 unspecified atom stereocenters. The van der Waals surface area contributed by atoms with Gasteiger partial charge >= 0.3 is 0 Å². The minimum atomic E-state index is 0.651. The van der Waals surface area contributed by atoms with E-state index in [9.17, 15) is 0 Å². The molecule has 1 aromatic heterocycles. The van der Waals surface area contributed by atoms with Crippen molar-refractivity contribution in [3.05, 3.63) is 47.3 Å². The summed E-state index contributed by atoms with van der Waals surface area (Å²) in [6.45, 7) is 4.19. The second-order valence-corrected chi connectivity index (χ2v) is 6.92. The summed E-state index contributed by atoms with van der Waals surface area (Å²) in [5.41, 5.74) is 4.24. The summed E-state index contributed by atoms with van der Waals surface area (Å²) in [5, 5.41) is 1.10. The normalized spacial score (nSPS) is 18.4. The van der Waals surface area contributed by atoms with E-state index in [1.807, 2.05) is 0 Å². The highest BCUT2D eigenvalue weighted by Crippen LogP contribution is 2.40. The van der Waals surface area contributed by atoms with E-state index < -0.39 is 0 Å². The summed E-state index contributed by atoms with van der Waals surface area (Å²) >= 11 is 1.56. The lowest BCUT2D eigenvalue weighted by molar-refractivity contribution is 0.821. The predicted octanol–water partition coefficient (Wildman–Crippen LogP) is 4.27. The molecule has 22 heavy (non-hydrogen) atoms. The Balaban J connectivity index is 1.46. The predicted molar refractivity (Wildman–Crippen MR) is 92.5 cm³/mol. The number of hydrogen-bond donors (Lipinski definition) is 0. The summed E-state index contributed by atoms with van der Waals surface area (Å²) in [6, 6.07) is 9.01. The highest BCUT2D eigenvalue weighted by Gasteiger charge is 2.28. The van der Waals surface area contributed by atoms with Crippen LogP contribution in [-0.2, 0) is 6.42 Å². The van der Waals surface area contributed by atoms with Crippen molar-refractivity contribution in [3.63, 3.8) is 0 Å². The van der Waals surface area contributed by atoms with Gasteiger partial charge in [-0.2, -0.15) is 4.37 Å². The second-order valence-electron chi connectivity index (χ2n) is 6.19. The van der Waals surface area contributed by atoms with Crippen molar-refractivity contribution in [2.24, 2.45) is 0 Å². The number of rotatable bonds is 4. The van der Waals surface area contributed by atoms with E-state index in [0.717, 1.165) is 36.9 Å². The molecule has 3 nitrogen and oxygen atoms in total. The monoisotopic (exact) mass is 311 g/mol. The topological polar surface area (TPSA) is 29.0 Å². The average Bonchev–Trinajstić information content (AvgIpc) is 3.32. The Kier molecular flexibility index (Phi) is 3.70. The van der Waals surface area contributed by atoms with Crippen molar-refractivity contribution in [2.75, 3.05) is 18.0 Å². The average molecular weight is 311 g/mol. The molecule has 114 valence electrons. The first-order valence-corrected chi connectivity index (χ1v) is 8.97. The van der Waals surface area contributed by atoms with Gasteiger partial charge in [-0.3, -0.25) is 0 Å². The van der Waals surface area contributed by atoms with E-state index >= 15 is 0 Å². The molecule has 1 saturated carbocycles. The van der Waals surface area contributed by atoms with Crippen molar-refractivity contribution >= 4 is 22.2 Å². The van der Waals surface area contributed by atoms with Crippen LogP contribution in [0.5, 0.6) is 0 Å². The second kappa shape index (κ2) is 5.84. The van der Waals surface area contributed by atoms with Gasteiger partial charge in [0, 0.05) is 30.5 Å². The maximum absolute atomic E-state index is 4.72. The van der Waals surface area contributed by atoms with Gasteiger partial charge in [0.05, 0.1) is 0 Å². The molecule has 4 rings (SSSR count). The van der Waals surface area contributed by atoms with Gasteiger partial charge in [-0.25, -0.2) is 4.98 Å². The van der Waals surface area contributed by atoms with Crippen LogP contribution in [0.3, 0.4) is 0 Å². The van der Waals surface area contributed by atoms with Crippen molar-refractivity contribution in [1.29, 1.82) is 0 Å². The zero-order chi connectivity index (χ0) is 14.9. The number of aromatic nitrogens is 2. The molecule has 1 aromatic carbocycles. The van der Waals surface area contributed by atoms with Gasteiger partial charge in [0.1, 0.15) is 5.82 Å². The van der Waals surface area contributed by atoms with E-state index in [-0.39, 0.29) is 0 Å². The standard InChI is InChI=1S/C18H21N3S/c1-2-13-3-5-14(6-4-13)15-9-11-21(12-10-15)18-19-17(20-22-18)16-7-8-16/h3-6,9,16H,2,7-8,10-12H2,1H3. The number of anilines is 1. The Morgan fingerprint density at radius 2 is 2.05 bits per heavy atom. The minimum Gasteiger partial charge on any atom is -0.343 e. The van der Waals surface area contributed by atoms with E-state index in [1.54, 1.807) is 11.5 Å². The number of hydrogen-bond acceptors (Lipinski definition) is 4. The molecule has 0 amide bonds. The van der Waals surface area contributed by atoms with Crippen LogP contribution < -0.4 is 4.90 Å². The van der Waals surface area contributed by atoms with Gasteiger partial charge in [0.2, 0.25) is 5.13 Å². The van der Waals surface area contributed by atoms with Crippen LogP contribution in [-0.4, -0.2) is 22.4 Å². The van der Waals surface area contributed by atoms with Gasteiger partial charge in [0.25, 0.3) is 0 Å². The molecule has 4 heteroatoms. The quantitative estimate of drug-likeness (QED) is 0.844. The van der Waals surface area contributed by atoms with Gasteiger partial charge in [-0.15, -0.1) is 0 Å². The Bertz CT molecular complexity index is 683. The molecule has 0 atom stereocenters. The minimum absolute atomic E-state index is 0.651. The lowest BCUT2D eigenvalue weighted by Crippen LogP contribution is -2.28. The summed E-state index contributed by atoms with van der Waals surface area (Å²) in [7, 11) is 0. The molecule has 0 N–H and O–H groups in total. The lowest BCUT2D eigenvalue weighted by atomic mass is 9.98. The van der Waals surface area contributed by atoms with Crippen LogP contribution >= 0.6 is 11.5 Å². The number of nitrogens with zero attached hydrogens (tertiary/aromatic N) is 3. The molecule has 1 aliphatic carbocycles. The van der Waals surface area contributed by atoms with Crippen LogP contribution in [0.25, 0.3) is 5.57 Å². The fourth-order valence-corrected chi connectivity index (χ4v) is 3.70. The molecule has 0 saturated heterocycles. The van der Waals surface area contributed by atoms with Crippen LogP contribution in [0.1, 0.15) is 49.1 Å². The van der Waals surface area contributed by atoms with Crippen LogP contribution in [0.2, 0.25) is 0 Å². The summed E-state index contributed by atoms with van der Waals surface area (Å²) in [6.07, 6.45) is 7.09. The molecular weight excluding hydrogens is 290 g/mol. The Hall–Kier alpha value is -1.68. The molecule has 0 radical (unpaired) electrons. The first kappa shape index (κ1) is 13.9. The number of aryl methyl sites for hydroxylation is 1. The van der Waals surface area contributed by atoms with Crippen molar-refractivity contribution in [2.45, 2.75) is 38.5 Å². The maximum Gasteiger partial charge on any atom is 0.205 e. The molecule has 2 heterocycles. The zero-order valence-electron chi connectivity index (χ0n) is 13.0. The molecule has 2 aliphatic rings. The van der Waals surface area contributed by atoms with E-state index in [4.69, 9.17) is 4.98 Å². The van der Waals surface area contributed by atoms with Crippen LogP contribution in [0, 0.1) is 0 Å². The zero-order valence-corrected chi connectivity index (χ0v) is 13.8. The Morgan fingerprint density at radius 3 is 2.68 bits per heavy atom. The summed E-state index contributed by atoms with van der Waals surface area (Å²) in [5.74, 6) is 1.72. The first-order valence-electron chi connectivity index (χ1n) is 8.20. The van der Waals surface area contributed by atoms with E-state index in [2.05, 4.69) is 46.5 Å². The van der Waals surface area contributed by atoms with Gasteiger partial charge in [-0.05, 0) is 42.4 Å². The highest BCUT2D eigenvalue weighted by molar-refractivity contribution is 7.09. The molecule has 2 aromatic rings. The van der Waals surface area contributed by atoms with Crippen molar-refractivity contribution < 1.29 is 0 Å². The number of benzene rings is 1. The smallest absolute Gasteiger partial charge is 0.205 e. The third-order valence-corrected chi connectivity index (χ3v) is 5.38. The molecule has 0 spiro atoms. The van der Waals surface area contributed by atoms with Crippen LogP contribution in [0.15, 0.2) is 30.3 Å². The molecular formula is C18H21N3S. The Morgan fingerprint density at radius 1 is 1.23 bits per heavy atom.